The summed E-state index contributed by atoms with van der Waals surface area (Å²) in [5, 5.41) is 0. The van der Waals surface area contributed by atoms with E-state index in [9.17, 15) is 0 Å². The molecular weight excluding hydrogens is 162 g/mol. The van der Waals surface area contributed by atoms with E-state index in [4.69, 9.17) is 0 Å². The molecule has 13 heavy (non-hydrogen) atoms. The second kappa shape index (κ2) is 2.83. The van der Waals surface area contributed by atoms with Gasteiger partial charge < -0.3 is 4.57 Å². The number of aromatic nitrogens is 3. The average Bonchev–Trinajstić information content (AvgIpc) is 2.43. The molecule has 0 aliphatic carbocycles. The third-order valence-corrected chi connectivity index (χ3v) is 2.36. The van der Waals surface area contributed by atoms with Crippen LogP contribution in [0.5, 0.6) is 0 Å². The van der Waals surface area contributed by atoms with Crippen molar-refractivity contribution in [2.45, 2.75) is 20.3 Å². The summed E-state index contributed by atoms with van der Waals surface area (Å²) < 4.78 is 2.02. The van der Waals surface area contributed by atoms with E-state index < -0.39 is 0 Å². The Bertz CT molecular complexity index is 443. The van der Waals surface area contributed by atoms with Crippen molar-refractivity contribution in [1.29, 1.82) is 0 Å². The van der Waals surface area contributed by atoms with Crippen LogP contribution in [-0.4, -0.2) is 14.5 Å². The van der Waals surface area contributed by atoms with Crippen molar-refractivity contribution in [3.05, 3.63) is 23.7 Å². The summed E-state index contributed by atoms with van der Waals surface area (Å²) in [5.74, 6) is 1.01. The van der Waals surface area contributed by atoms with Crippen LogP contribution in [0.1, 0.15) is 18.4 Å². The molecule has 0 N–H and O–H groups in total. The fourth-order valence-electron chi connectivity index (χ4n) is 1.41. The normalized spacial score (nSPS) is 11.0. The highest BCUT2D eigenvalue weighted by atomic mass is 15.1. The van der Waals surface area contributed by atoms with Crippen LogP contribution in [0, 0.1) is 6.92 Å². The number of hydrogen-bond acceptors (Lipinski definition) is 2. The second-order valence-electron chi connectivity index (χ2n) is 3.22. The molecule has 0 aromatic carbocycles. The Kier molecular flexibility index (Phi) is 1.79. The summed E-state index contributed by atoms with van der Waals surface area (Å²) in [6.45, 7) is 4.10. The summed E-state index contributed by atoms with van der Waals surface area (Å²) in [5.41, 5.74) is 3.09. The molecular formula is C10H13N3. The van der Waals surface area contributed by atoms with E-state index in [1.807, 2.05) is 30.7 Å². The van der Waals surface area contributed by atoms with Crippen LogP contribution in [0.25, 0.3) is 11.2 Å². The van der Waals surface area contributed by atoms with Gasteiger partial charge >= 0.3 is 0 Å². The first kappa shape index (κ1) is 8.23. The molecule has 2 aromatic rings. The van der Waals surface area contributed by atoms with Gasteiger partial charge in [-0.3, -0.25) is 0 Å². The largest absolute Gasteiger partial charge is 0.316 e. The third-order valence-electron chi connectivity index (χ3n) is 2.36. The highest BCUT2D eigenvalue weighted by Crippen LogP contribution is 2.12. The first-order valence-corrected chi connectivity index (χ1v) is 4.51. The zero-order chi connectivity index (χ0) is 9.42. The lowest BCUT2D eigenvalue weighted by Crippen LogP contribution is -1.94. The van der Waals surface area contributed by atoms with Crippen molar-refractivity contribution in [2.75, 3.05) is 0 Å². The monoisotopic (exact) mass is 175 g/mol. The highest BCUT2D eigenvalue weighted by Gasteiger charge is 2.04. The fraction of sp³-hybridized carbons (Fsp3) is 0.400. The number of aryl methyl sites for hydroxylation is 3. The smallest absolute Gasteiger partial charge is 0.159 e. The van der Waals surface area contributed by atoms with E-state index in [0.717, 1.165) is 29.1 Å². The molecule has 3 nitrogen and oxygen atoms in total. The van der Waals surface area contributed by atoms with Gasteiger partial charge in [-0.05, 0) is 25.5 Å². The molecule has 68 valence electrons. The van der Waals surface area contributed by atoms with E-state index in [2.05, 4.69) is 16.9 Å². The number of pyridine rings is 1. The van der Waals surface area contributed by atoms with E-state index in [-0.39, 0.29) is 0 Å². The molecule has 2 heterocycles. The Morgan fingerprint density at radius 1 is 1.31 bits per heavy atom. The molecule has 2 rings (SSSR count). The van der Waals surface area contributed by atoms with Crippen molar-refractivity contribution in [3.8, 4) is 0 Å². The van der Waals surface area contributed by atoms with Crippen LogP contribution in [0.15, 0.2) is 12.1 Å². The molecule has 0 atom stereocenters. The maximum atomic E-state index is 4.51. The van der Waals surface area contributed by atoms with Crippen LogP contribution in [0.4, 0.5) is 0 Å². The molecule has 0 saturated carbocycles. The minimum absolute atomic E-state index is 0.972. The van der Waals surface area contributed by atoms with Gasteiger partial charge in [0.05, 0.1) is 0 Å². The van der Waals surface area contributed by atoms with E-state index in [1.165, 1.54) is 0 Å². The molecule has 0 aliphatic rings. The van der Waals surface area contributed by atoms with E-state index in [0.29, 0.717) is 0 Å². The first-order valence-electron chi connectivity index (χ1n) is 4.51. The fourth-order valence-corrected chi connectivity index (χ4v) is 1.41. The van der Waals surface area contributed by atoms with Gasteiger partial charge in [0, 0.05) is 12.7 Å². The van der Waals surface area contributed by atoms with Crippen molar-refractivity contribution < 1.29 is 0 Å². The SMILES string of the molecule is CCc1ccc2nc(C)n(C)c2n1. The highest BCUT2D eigenvalue weighted by molar-refractivity contribution is 5.71. The molecule has 2 aromatic heterocycles. The predicted octanol–water partition coefficient (Wildman–Crippen LogP) is 1.84. The van der Waals surface area contributed by atoms with Crippen LogP contribution >= 0.6 is 0 Å². The minimum atomic E-state index is 0.972. The van der Waals surface area contributed by atoms with Gasteiger partial charge in [0.25, 0.3) is 0 Å². The molecule has 0 bridgehead atoms. The zero-order valence-corrected chi connectivity index (χ0v) is 8.20. The van der Waals surface area contributed by atoms with Gasteiger partial charge in [-0.15, -0.1) is 0 Å². The number of nitrogens with zero attached hydrogens (tertiary/aromatic N) is 3. The predicted molar refractivity (Wildman–Crippen MR) is 52.6 cm³/mol. The van der Waals surface area contributed by atoms with Gasteiger partial charge in [0.1, 0.15) is 11.3 Å². The lowest BCUT2D eigenvalue weighted by Gasteiger charge is -1.97. The lowest BCUT2D eigenvalue weighted by atomic mass is 10.3. The first-order chi connectivity index (χ1) is 6.22. The summed E-state index contributed by atoms with van der Waals surface area (Å²) in [6.07, 6.45) is 0.972. The van der Waals surface area contributed by atoms with Crippen LogP contribution in [0.3, 0.4) is 0 Å². The minimum Gasteiger partial charge on any atom is -0.316 e. The number of hydrogen-bond donors (Lipinski definition) is 0. The lowest BCUT2D eigenvalue weighted by molar-refractivity contribution is 0.868. The molecule has 0 radical (unpaired) electrons. The number of rotatable bonds is 1. The summed E-state index contributed by atoms with van der Waals surface area (Å²) in [7, 11) is 2.00. The second-order valence-corrected chi connectivity index (χ2v) is 3.22. The Balaban J connectivity index is 2.75. The van der Waals surface area contributed by atoms with Crippen molar-refractivity contribution in [3.63, 3.8) is 0 Å². The van der Waals surface area contributed by atoms with E-state index >= 15 is 0 Å². The molecule has 0 spiro atoms. The van der Waals surface area contributed by atoms with Crippen LogP contribution in [-0.2, 0) is 13.5 Å². The Hall–Kier alpha value is -1.38. The van der Waals surface area contributed by atoms with Crippen molar-refractivity contribution >= 4 is 11.2 Å². The third kappa shape index (κ3) is 1.20. The summed E-state index contributed by atoms with van der Waals surface area (Å²) in [6, 6.07) is 4.07. The Morgan fingerprint density at radius 2 is 2.08 bits per heavy atom. The number of fused-ring (bicyclic) bond motifs is 1. The van der Waals surface area contributed by atoms with Gasteiger partial charge in [0.15, 0.2) is 5.65 Å². The molecule has 0 saturated heterocycles. The van der Waals surface area contributed by atoms with Crippen LogP contribution < -0.4 is 0 Å². The van der Waals surface area contributed by atoms with Gasteiger partial charge in [-0.2, -0.15) is 0 Å². The van der Waals surface area contributed by atoms with Crippen molar-refractivity contribution in [2.24, 2.45) is 7.05 Å². The molecule has 0 unspecified atom stereocenters. The molecule has 0 aliphatic heterocycles. The Morgan fingerprint density at radius 3 is 2.77 bits per heavy atom. The summed E-state index contributed by atoms with van der Waals surface area (Å²) >= 11 is 0. The Labute approximate surface area is 77.4 Å². The molecule has 0 amide bonds. The maximum Gasteiger partial charge on any atom is 0.159 e. The van der Waals surface area contributed by atoms with Crippen molar-refractivity contribution in [1.82, 2.24) is 14.5 Å². The standard InChI is InChI=1S/C10H13N3/c1-4-8-5-6-9-10(12-8)13(3)7(2)11-9/h5-6H,4H2,1-3H3. The van der Waals surface area contributed by atoms with Gasteiger partial charge in [-0.1, -0.05) is 6.92 Å². The van der Waals surface area contributed by atoms with Crippen LogP contribution in [0.2, 0.25) is 0 Å². The maximum absolute atomic E-state index is 4.51. The zero-order valence-electron chi connectivity index (χ0n) is 8.20. The quantitative estimate of drug-likeness (QED) is 0.662. The molecule has 3 heteroatoms. The molecule has 0 fully saturated rings. The summed E-state index contributed by atoms with van der Waals surface area (Å²) in [4.78, 5) is 8.90. The number of imidazole rings is 1. The van der Waals surface area contributed by atoms with Gasteiger partial charge in [0.2, 0.25) is 0 Å². The average molecular weight is 175 g/mol. The van der Waals surface area contributed by atoms with Gasteiger partial charge in [-0.25, -0.2) is 9.97 Å². The topological polar surface area (TPSA) is 30.7 Å². The van der Waals surface area contributed by atoms with E-state index in [1.54, 1.807) is 0 Å².